The molecule has 0 fully saturated rings. The van der Waals surface area contributed by atoms with Crippen LogP contribution in [0.15, 0.2) is 48.8 Å². The van der Waals surface area contributed by atoms with Crippen molar-refractivity contribution in [3.8, 4) is 6.07 Å². The summed E-state index contributed by atoms with van der Waals surface area (Å²) in [7, 11) is 0. The molecule has 3 heterocycles. The van der Waals surface area contributed by atoms with Crippen LogP contribution in [-0.4, -0.2) is 30.6 Å². The third-order valence-electron chi connectivity index (χ3n) is 2.44. The SMILES string of the molecule is N#CCc1ccccn1.c1ccc(Cc2nn[nH]n2)nc1. The largest absolute Gasteiger partial charge is 0.261 e. The number of hydrogen-bond donors (Lipinski definition) is 1. The molecule has 0 radical (unpaired) electrons. The summed E-state index contributed by atoms with van der Waals surface area (Å²) in [6.07, 6.45) is 4.46. The van der Waals surface area contributed by atoms with Crippen molar-refractivity contribution < 1.29 is 0 Å². The van der Waals surface area contributed by atoms with Gasteiger partial charge in [-0.3, -0.25) is 9.97 Å². The maximum atomic E-state index is 8.23. The van der Waals surface area contributed by atoms with Crippen molar-refractivity contribution in [3.05, 3.63) is 66.0 Å². The highest BCUT2D eigenvalue weighted by Crippen LogP contribution is 1.98. The van der Waals surface area contributed by atoms with E-state index in [1.54, 1.807) is 12.4 Å². The minimum absolute atomic E-state index is 0.404. The first-order chi connectivity index (χ1) is 10.4. The Labute approximate surface area is 121 Å². The van der Waals surface area contributed by atoms with Gasteiger partial charge in [-0.15, -0.1) is 10.2 Å². The second-order valence-electron chi connectivity index (χ2n) is 3.98. The van der Waals surface area contributed by atoms with Gasteiger partial charge in [0.25, 0.3) is 0 Å². The molecule has 3 aromatic rings. The van der Waals surface area contributed by atoms with E-state index in [-0.39, 0.29) is 0 Å². The predicted molar refractivity (Wildman–Crippen MR) is 74.8 cm³/mol. The average molecular weight is 279 g/mol. The summed E-state index contributed by atoms with van der Waals surface area (Å²) >= 11 is 0. The van der Waals surface area contributed by atoms with Crippen LogP contribution in [0, 0.1) is 11.3 Å². The summed E-state index contributed by atoms with van der Waals surface area (Å²) in [5.74, 6) is 0.661. The molecule has 0 aliphatic rings. The van der Waals surface area contributed by atoms with Crippen LogP contribution in [0.4, 0.5) is 0 Å². The number of aromatic amines is 1. The standard InChI is InChI=1S/C7H7N5.C7H6N2/c1-2-4-8-6(3-1)5-7-9-11-12-10-7;8-5-4-7-3-1-2-6-9-7/h1-4H,5H2,(H,9,10,11,12);1-3,6H,4H2. The normalized spacial score (nSPS) is 9.29. The van der Waals surface area contributed by atoms with Crippen LogP contribution in [-0.2, 0) is 12.8 Å². The fourth-order valence-corrected chi connectivity index (χ4v) is 1.51. The molecule has 0 saturated carbocycles. The highest BCUT2D eigenvalue weighted by Gasteiger charge is 1.99. The van der Waals surface area contributed by atoms with Gasteiger partial charge in [-0.05, 0) is 24.3 Å². The zero-order valence-corrected chi connectivity index (χ0v) is 11.2. The van der Waals surface area contributed by atoms with E-state index in [1.807, 2.05) is 42.5 Å². The maximum absolute atomic E-state index is 8.23. The first-order valence-electron chi connectivity index (χ1n) is 6.27. The van der Waals surface area contributed by atoms with Crippen molar-refractivity contribution >= 4 is 0 Å². The van der Waals surface area contributed by atoms with E-state index >= 15 is 0 Å². The molecule has 0 unspecified atom stereocenters. The number of aromatic nitrogens is 6. The van der Waals surface area contributed by atoms with Crippen LogP contribution < -0.4 is 0 Å². The molecule has 1 N–H and O–H groups in total. The van der Waals surface area contributed by atoms with E-state index in [2.05, 4.69) is 30.6 Å². The van der Waals surface area contributed by atoms with Crippen molar-refractivity contribution in [3.63, 3.8) is 0 Å². The third-order valence-corrected chi connectivity index (χ3v) is 2.44. The van der Waals surface area contributed by atoms with Crippen molar-refractivity contribution in [2.45, 2.75) is 12.8 Å². The number of hydrogen-bond acceptors (Lipinski definition) is 6. The van der Waals surface area contributed by atoms with E-state index in [9.17, 15) is 0 Å². The van der Waals surface area contributed by atoms with Crippen molar-refractivity contribution in [1.29, 1.82) is 5.26 Å². The lowest BCUT2D eigenvalue weighted by Gasteiger charge is -1.92. The van der Waals surface area contributed by atoms with Crippen molar-refractivity contribution in [1.82, 2.24) is 30.6 Å². The molecule has 7 nitrogen and oxygen atoms in total. The minimum Gasteiger partial charge on any atom is -0.261 e. The van der Waals surface area contributed by atoms with E-state index in [4.69, 9.17) is 5.26 Å². The molecule has 0 spiro atoms. The summed E-state index contributed by atoms with van der Waals surface area (Å²) in [5, 5.41) is 21.7. The topological polar surface area (TPSA) is 104 Å². The molecule has 0 aromatic carbocycles. The fourth-order valence-electron chi connectivity index (χ4n) is 1.51. The molecule has 0 aliphatic heterocycles. The van der Waals surface area contributed by atoms with Crippen LogP contribution in [0.25, 0.3) is 0 Å². The fraction of sp³-hybridized carbons (Fsp3) is 0.143. The maximum Gasteiger partial charge on any atom is 0.180 e. The summed E-state index contributed by atoms with van der Waals surface area (Å²) in [6.45, 7) is 0. The molecule has 0 bridgehead atoms. The van der Waals surface area contributed by atoms with Gasteiger partial charge in [-0.25, -0.2) is 0 Å². The van der Waals surface area contributed by atoms with Crippen LogP contribution in [0.2, 0.25) is 0 Å². The van der Waals surface area contributed by atoms with Gasteiger partial charge in [0.05, 0.1) is 24.6 Å². The number of nitriles is 1. The Morgan fingerprint density at radius 3 is 2.24 bits per heavy atom. The van der Waals surface area contributed by atoms with Gasteiger partial charge in [-0.1, -0.05) is 17.3 Å². The number of H-pyrrole nitrogens is 1. The molecule has 0 aliphatic carbocycles. The molecule has 0 amide bonds. The van der Waals surface area contributed by atoms with Gasteiger partial charge in [-0.2, -0.15) is 10.5 Å². The third kappa shape index (κ3) is 5.16. The number of pyridine rings is 2. The van der Waals surface area contributed by atoms with E-state index in [0.717, 1.165) is 11.4 Å². The average Bonchev–Trinajstić information content (AvgIpc) is 3.03. The Morgan fingerprint density at radius 2 is 1.71 bits per heavy atom. The Hall–Kier alpha value is -3.14. The van der Waals surface area contributed by atoms with Gasteiger partial charge in [0.2, 0.25) is 0 Å². The lowest BCUT2D eigenvalue weighted by atomic mass is 10.3. The smallest absolute Gasteiger partial charge is 0.180 e. The van der Waals surface area contributed by atoms with E-state index in [1.165, 1.54) is 0 Å². The quantitative estimate of drug-likeness (QED) is 0.775. The number of nitrogens with one attached hydrogen (secondary N) is 1. The van der Waals surface area contributed by atoms with Gasteiger partial charge in [0, 0.05) is 18.1 Å². The zero-order valence-electron chi connectivity index (χ0n) is 11.2. The molecule has 7 heteroatoms. The highest BCUT2D eigenvalue weighted by atomic mass is 15.5. The Kier molecular flexibility index (Phi) is 5.52. The van der Waals surface area contributed by atoms with E-state index < -0.39 is 0 Å². The first-order valence-corrected chi connectivity index (χ1v) is 6.27. The number of rotatable bonds is 3. The van der Waals surface area contributed by atoms with Crippen LogP contribution >= 0.6 is 0 Å². The van der Waals surface area contributed by atoms with Crippen LogP contribution in [0.1, 0.15) is 17.2 Å². The lowest BCUT2D eigenvalue weighted by Crippen LogP contribution is -1.93. The molecule has 3 aromatic heterocycles. The van der Waals surface area contributed by atoms with Gasteiger partial charge in [0.15, 0.2) is 5.82 Å². The molecule has 104 valence electrons. The molecule has 3 rings (SSSR count). The van der Waals surface area contributed by atoms with Gasteiger partial charge < -0.3 is 0 Å². The first kappa shape index (κ1) is 14.3. The monoisotopic (exact) mass is 279 g/mol. The second-order valence-corrected chi connectivity index (χ2v) is 3.98. The van der Waals surface area contributed by atoms with Crippen LogP contribution in [0.5, 0.6) is 0 Å². The van der Waals surface area contributed by atoms with Crippen molar-refractivity contribution in [2.24, 2.45) is 0 Å². The van der Waals surface area contributed by atoms with Crippen molar-refractivity contribution in [2.75, 3.05) is 0 Å². The Bertz CT molecular complexity index is 660. The lowest BCUT2D eigenvalue weighted by molar-refractivity contribution is 0.881. The summed E-state index contributed by atoms with van der Waals surface area (Å²) in [4.78, 5) is 8.08. The minimum atomic E-state index is 0.404. The molecule has 21 heavy (non-hydrogen) atoms. The van der Waals surface area contributed by atoms with Gasteiger partial charge in [0.1, 0.15) is 0 Å². The second kappa shape index (κ2) is 8.12. The predicted octanol–water partition coefficient (Wildman–Crippen LogP) is 1.33. The van der Waals surface area contributed by atoms with Gasteiger partial charge >= 0.3 is 0 Å². The summed E-state index contributed by atoms with van der Waals surface area (Å²) < 4.78 is 0. The number of tetrazole rings is 1. The Morgan fingerprint density at radius 1 is 1.00 bits per heavy atom. The highest BCUT2D eigenvalue weighted by molar-refractivity contribution is 5.08. The Balaban J connectivity index is 0.000000161. The van der Waals surface area contributed by atoms with Crippen LogP contribution in [0.3, 0.4) is 0 Å². The summed E-state index contributed by atoms with van der Waals surface area (Å²) in [6, 6.07) is 13.3. The van der Waals surface area contributed by atoms with E-state index in [0.29, 0.717) is 18.7 Å². The molecular formula is C14H13N7. The number of nitrogens with zero attached hydrogens (tertiary/aromatic N) is 6. The molecule has 0 saturated heterocycles. The zero-order chi connectivity index (χ0) is 14.8. The molecular weight excluding hydrogens is 266 g/mol. The molecule has 0 atom stereocenters. The summed E-state index contributed by atoms with van der Waals surface area (Å²) in [5.41, 5.74) is 1.78.